The molecule has 18 heavy (non-hydrogen) atoms. The fourth-order valence-corrected chi connectivity index (χ4v) is 1.93. The van der Waals surface area contributed by atoms with Gasteiger partial charge in [-0.1, -0.05) is 18.2 Å². The Labute approximate surface area is 111 Å². The molecule has 0 heterocycles. The first-order valence-electron chi connectivity index (χ1n) is 5.61. The molecule has 1 N–H and O–H groups in total. The Bertz CT molecular complexity index is 394. The molecule has 0 aliphatic heterocycles. The first-order chi connectivity index (χ1) is 8.69. The maximum absolute atomic E-state index is 11.9. The van der Waals surface area contributed by atoms with Crippen molar-refractivity contribution in [2.75, 3.05) is 19.1 Å². The lowest BCUT2D eigenvalue weighted by molar-refractivity contribution is -0.142. The minimum Gasteiger partial charge on any atom is -0.467 e. The van der Waals surface area contributed by atoms with Crippen LogP contribution in [0.2, 0.25) is 0 Å². The lowest BCUT2D eigenvalue weighted by atomic mass is 10.1. The summed E-state index contributed by atoms with van der Waals surface area (Å²) >= 11 is 1.62. The number of ether oxygens (including phenoxy) is 1. The quantitative estimate of drug-likeness (QED) is 0.797. The molecule has 1 aromatic carbocycles. The Morgan fingerprint density at radius 2 is 2.00 bits per heavy atom. The maximum Gasteiger partial charge on any atom is 0.328 e. The highest BCUT2D eigenvalue weighted by atomic mass is 32.2. The van der Waals surface area contributed by atoms with Gasteiger partial charge in [-0.2, -0.15) is 11.8 Å². The van der Waals surface area contributed by atoms with Gasteiger partial charge in [-0.05, 0) is 30.6 Å². The van der Waals surface area contributed by atoms with E-state index >= 15 is 0 Å². The zero-order valence-corrected chi connectivity index (χ0v) is 11.3. The molecule has 1 aromatic rings. The van der Waals surface area contributed by atoms with Crippen LogP contribution in [0.15, 0.2) is 30.3 Å². The van der Waals surface area contributed by atoms with Crippen molar-refractivity contribution in [1.82, 2.24) is 5.32 Å². The summed E-state index contributed by atoms with van der Waals surface area (Å²) in [6.07, 6.45) is 2.51. The third-order valence-electron chi connectivity index (χ3n) is 2.44. The second kappa shape index (κ2) is 7.76. The van der Waals surface area contributed by atoms with Crippen molar-refractivity contribution in [2.24, 2.45) is 0 Å². The van der Waals surface area contributed by atoms with Crippen LogP contribution in [-0.4, -0.2) is 37.0 Å². The lowest BCUT2D eigenvalue weighted by Gasteiger charge is -2.15. The molecule has 98 valence electrons. The van der Waals surface area contributed by atoms with Crippen molar-refractivity contribution in [3.63, 3.8) is 0 Å². The minimum atomic E-state index is -0.588. The maximum atomic E-state index is 11.9. The fourth-order valence-electron chi connectivity index (χ4n) is 1.46. The summed E-state index contributed by atoms with van der Waals surface area (Å²) in [7, 11) is 1.32. The van der Waals surface area contributed by atoms with E-state index in [-0.39, 0.29) is 5.91 Å². The molecule has 0 radical (unpaired) electrons. The van der Waals surface area contributed by atoms with E-state index in [2.05, 4.69) is 10.1 Å². The number of carbonyl (C=O) groups is 2. The first-order valence-corrected chi connectivity index (χ1v) is 7.01. The number of esters is 1. The van der Waals surface area contributed by atoms with Crippen molar-refractivity contribution in [2.45, 2.75) is 12.5 Å². The van der Waals surface area contributed by atoms with Crippen LogP contribution in [0.1, 0.15) is 16.8 Å². The summed E-state index contributed by atoms with van der Waals surface area (Å²) in [6, 6.07) is 8.22. The second-order valence-corrected chi connectivity index (χ2v) is 4.68. The minimum absolute atomic E-state index is 0.257. The van der Waals surface area contributed by atoms with E-state index < -0.39 is 12.0 Å². The Morgan fingerprint density at radius 1 is 1.33 bits per heavy atom. The summed E-state index contributed by atoms with van der Waals surface area (Å²) in [5.41, 5.74) is 0.538. The molecular weight excluding hydrogens is 250 g/mol. The van der Waals surface area contributed by atoms with Gasteiger partial charge in [-0.25, -0.2) is 4.79 Å². The van der Waals surface area contributed by atoms with Crippen molar-refractivity contribution in [3.05, 3.63) is 35.9 Å². The molecule has 1 atom stereocenters. The number of benzene rings is 1. The molecule has 0 bridgehead atoms. The topological polar surface area (TPSA) is 55.4 Å². The van der Waals surface area contributed by atoms with Crippen LogP contribution in [0.3, 0.4) is 0 Å². The second-order valence-electron chi connectivity index (χ2n) is 3.70. The molecule has 0 aliphatic carbocycles. The van der Waals surface area contributed by atoms with E-state index in [1.807, 2.05) is 12.3 Å². The number of rotatable bonds is 6. The van der Waals surface area contributed by atoms with Gasteiger partial charge in [0.25, 0.3) is 5.91 Å². The molecule has 0 aliphatic rings. The van der Waals surface area contributed by atoms with Gasteiger partial charge in [-0.15, -0.1) is 0 Å². The normalized spacial score (nSPS) is 11.7. The predicted molar refractivity (Wildman–Crippen MR) is 72.7 cm³/mol. The highest BCUT2D eigenvalue weighted by Gasteiger charge is 2.21. The van der Waals surface area contributed by atoms with E-state index in [0.29, 0.717) is 12.0 Å². The molecule has 0 fully saturated rings. The molecule has 0 saturated heterocycles. The number of carbonyl (C=O) groups excluding carboxylic acids is 2. The van der Waals surface area contributed by atoms with Gasteiger partial charge in [0.05, 0.1) is 7.11 Å². The summed E-state index contributed by atoms with van der Waals surface area (Å²) in [5.74, 6) is 0.120. The molecule has 1 amide bonds. The molecule has 1 unspecified atom stereocenters. The van der Waals surface area contributed by atoms with Gasteiger partial charge < -0.3 is 10.1 Å². The van der Waals surface area contributed by atoms with Crippen molar-refractivity contribution < 1.29 is 14.3 Å². The number of nitrogens with one attached hydrogen (secondary N) is 1. The third kappa shape index (κ3) is 4.41. The van der Waals surface area contributed by atoms with E-state index in [1.54, 1.807) is 36.0 Å². The van der Waals surface area contributed by atoms with E-state index in [9.17, 15) is 9.59 Å². The highest BCUT2D eigenvalue weighted by Crippen LogP contribution is 2.05. The van der Waals surface area contributed by atoms with Crippen LogP contribution in [0.25, 0.3) is 0 Å². The molecule has 5 heteroatoms. The molecular formula is C13H17NO3S. The standard InChI is InChI=1S/C13H17NO3S/c1-17-13(16)11(8-9-18-2)14-12(15)10-6-4-3-5-7-10/h3-7,11H,8-9H2,1-2H3,(H,14,15). The van der Waals surface area contributed by atoms with Crippen LogP contribution in [0.5, 0.6) is 0 Å². The number of amides is 1. The number of thioether (sulfide) groups is 1. The summed E-state index contributed by atoms with van der Waals surface area (Å²) in [5, 5.41) is 2.69. The number of hydrogen-bond donors (Lipinski definition) is 1. The molecule has 0 spiro atoms. The molecule has 0 saturated carbocycles. The van der Waals surface area contributed by atoms with Gasteiger partial charge >= 0.3 is 5.97 Å². The molecule has 0 aromatic heterocycles. The molecule has 4 nitrogen and oxygen atoms in total. The average Bonchev–Trinajstić information content (AvgIpc) is 2.43. The fraction of sp³-hybridized carbons (Fsp3) is 0.385. The van der Waals surface area contributed by atoms with Crippen LogP contribution < -0.4 is 5.32 Å². The van der Waals surface area contributed by atoms with Gasteiger partial charge in [0, 0.05) is 5.56 Å². The largest absolute Gasteiger partial charge is 0.467 e. The summed E-state index contributed by atoms with van der Waals surface area (Å²) in [4.78, 5) is 23.5. The third-order valence-corrected chi connectivity index (χ3v) is 3.08. The lowest BCUT2D eigenvalue weighted by Crippen LogP contribution is -2.41. The Kier molecular flexibility index (Phi) is 6.28. The Hall–Kier alpha value is -1.49. The zero-order chi connectivity index (χ0) is 13.4. The van der Waals surface area contributed by atoms with E-state index in [0.717, 1.165) is 5.75 Å². The predicted octanol–water partition coefficient (Wildman–Crippen LogP) is 1.71. The van der Waals surface area contributed by atoms with Crippen LogP contribution in [0.4, 0.5) is 0 Å². The van der Waals surface area contributed by atoms with Crippen LogP contribution in [-0.2, 0) is 9.53 Å². The Morgan fingerprint density at radius 3 is 2.56 bits per heavy atom. The average molecular weight is 267 g/mol. The summed E-state index contributed by atoms with van der Waals surface area (Å²) < 4.78 is 4.68. The van der Waals surface area contributed by atoms with Gasteiger partial charge in [0.2, 0.25) is 0 Å². The highest BCUT2D eigenvalue weighted by molar-refractivity contribution is 7.98. The smallest absolute Gasteiger partial charge is 0.328 e. The van der Waals surface area contributed by atoms with Gasteiger partial charge in [0.15, 0.2) is 0 Å². The summed E-state index contributed by atoms with van der Waals surface area (Å²) in [6.45, 7) is 0. The van der Waals surface area contributed by atoms with Gasteiger partial charge in [0.1, 0.15) is 6.04 Å². The van der Waals surface area contributed by atoms with Crippen molar-refractivity contribution >= 4 is 23.6 Å². The number of methoxy groups -OCH3 is 1. The number of hydrogen-bond acceptors (Lipinski definition) is 4. The monoisotopic (exact) mass is 267 g/mol. The SMILES string of the molecule is COC(=O)C(CCSC)NC(=O)c1ccccc1. The van der Waals surface area contributed by atoms with Crippen LogP contribution >= 0.6 is 11.8 Å². The van der Waals surface area contributed by atoms with E-state index in [4.69, 9.17) is 0 Å². The molecule has 1 rings (SSSR count). The van der Waals surface area contributed by atoms with Crippen LogP contribution in [0, 0.1) is 0 Å². The first kappa shape index (κ1) is 14.6. The van der Waals surface area contributed by atoms with Crippen molar-refractivity contribution in [1.29, 1.82) is 0 Å². The van der Waals surface area contributed by atoms with Gasteiger partial charge in [-0.3, -0.25) is 4.79 Å². The zero-order valence-electron chi connectivity index (χ0n) is 10.5. The van der Waals surface area contributed by atoms with Crippen molar-refractivity contribution in [3.8, 4) is 0 Å². The Balaban J connectivity index is 2.65. The van der Waals surface area contributed by atoms with E-state index in [1.165, 1.54) is 7.11 Å².